The molecule has 15 heteroatoms. The number of aliphatic hydroxyl groups is 1. The lowest BCUT2D eigenvalue weighted by molar-refractivity contribution is -0.0622. The number of anilines is 1. The summed E-state index contributed by atoms with van der Waals surface area (Å²) in [5, 5.41) is 24.1. The van der Waals surface area contributed by atoms with Crippen LogP contribution in [-0.2, 0) is 28.3 Å². The van der Waals surface area contributed by atoms with Crippen LogP contribution in [0.4, 0.5) is 5.82 Å². The molecule has 2 aromatic heterocycles. The largest absolute Gasteiger partial charge is 0.479 e. The van der Waals surface area contributed by atoms with E-state index in [4.69, 9.17) is 15.4 Å². The fourth-order valence-electron chi connectivity index (χ4n) is 2.83. The van der Waals surface area contributed by atoms with Gasteiger partial charge in [-0.1, -0.05) is 0 Å². The summed E-state index contributed by atoms with van der Waals surface area (Å²) in [6, 6.07) is 4.95. The van der Waals surface area contributed by atoms with Gasteiger partial charge in [0, 0.05) is 6.42 Å². The number of nitrogens with two attached hydrogens (primary N) is 1. The highest BCUT2D eigenvalue weighted by atomic mass is 31.2. The fraction of sp³-hybridized carbons (Fsp3) is 0.417. The summed E-state index contributed by atoms with van der Waals surface area (Å²) in [4.78, 5) is 21.7. The van der Waals surface area contributed by atoms with Gasteiger partial charge < -0.3 is 25.4 Å². The first-order valence-corrected chi connectivity index (χ1v) is 10.2. The zero-order chi connectivity index (χ0) is 19.8. The maximum atomic E-state index is 11.5. The van der Waals surface area contributed by atoms with Gasteiger partial charge >= 0.3 is 16.1 Å². The first-order valence-electron chi connectivity index (χ1n) is 7.44. The Kier molecular flexibility index (Phi) is 5.36. The van der Waals surface area contributed by atoms with Crippen molar-refractivity contribution in [2.24, 2.45) is 0 Å². The molecule has 1 fully saturated rings. The number of rotatable bonds is 6. The minimum Gasteiger partial charge on any atom is -0.388 e. The highest BCUT2D eigenvalue weighted by Gasteiger charge is 2.52. The van der Waals surface area contributed by atoms with Gasteiger partial charge in [-0.15, -0.1) is 0 Å². The van der Waals surface area contributed by atoms with Crippen LogP contribution >= 0.6 is 16.1 Å². The zero-order valence-corrected chi connectivity index (χ0v) is 15.4. The second-order valence-electron chi connectivity index (χ2n) is 5.62. The van der Waals surface area contributed by atoms with Gasteiger partial charge in [0.15, 0.2) is 5.82 Å². The van der Waals surface area contributed by atoms with E-state index < -0.39 is 40.5 Å². The number of phosphoric acid groups is 1. The summed E-state index contributed by atoms with van der Waals surface area (Å²) in [5.74, 6) is 0.161. The van der Waals surface area contributed by atoms with E-state index in [1.165, 1.54) is 16.9 Å². The fourth-order valence-corrected chi connectivity index (χ4v) is 4.19. The van der Waals surface area contributed by atoms with Crippen molar-refractivity contribution < 1.29 is 37.6 Å². The summed E-state index contributed by atoms with van der Waals surface area (Å²) in [7, 11) is -8.48. The Morgan fingerprint density at radius 1 is 1.59 bits per heavy atom. The number of hydrogen-bond acceptors (Lipinski definition) is 10. The number of phosphoric ester groups is 1. The van der Waals surface area contributed by atoms with Crippen LogP contribution in [0.3, 0.4) is 0 Å². The third-order valence-corrected chi connectivity index (χ3v) is 5.98. The van der Waals surface area contributed by atoms with Gasteiger partial charge in [0.05, 0.1) is 18.4 Å². The first kappa shape index (κ1) is 19.9. The zero-order valence-electron chi connectivity index (χ0n) is 13.5. The lowest BCUT2D eigenvalue weighted by Gasteiger charge is -2.24. The Labute approximate surface area is 152 Å². The molecule has 0 aromatic carbocycles. The Morgan fingerprint density at radius 2 is 2.33 bits per heavy atom. The van der Waals surface area contributed by atoms with Gasteiger partial charge in [0.2, 0.25) is 5.60 Å². The Morgan fingerprint density at radius 3 is 3.00 bits per heavy atom. The van der Waals surface area contributed by atoms with Crippen molar-refractivity contribution in [1.29, 1.82) is 5.26 Å². The van der Waals surface area contributed by atoms with Gasteiger partial charge in [0.1, 0.15) is 24.0 Å². The molecule has 0 aliphatic carbocycles. The van der Waals surface area contributed by atoms with E-state index in [9.17, 15) is 24.4 Å². The van der Waals surface area contributed by atoms with Gasteiger partial charge in [-0.25, -0.2) is 18.4 Å². The average Bonchev–Trinajstić information content (AvgIpc) is 3.15. The van der Waals surface area contributed by atoms with Crippen LogP contribution in [0.1, 0.15) is 12.1 Å². The molecule has 1 aliphatic heterocycles. The van der Waals surface area contributed by atoms with Crippen molar-refractivity contribution in [2.75, 3.05) is 12.3 Å². The molecule has 2 aromatic rings. The maximum Gasteiger partial charge on any atom is 0.479 e. The van der Waals surface area contributed by atoms with Crippen LogP contribution in [0, 0.1) is 11.3 Å². The first-order chi connectivity index (χ1) is 12.7. The minimum atomic E-state index is -4.78. The lowest BCUT2D eigenvalue weighted by Crippen LogP contribution is -2.36. The quantitative estimate of drug-likeness (QED) is 0.446. The smallest absolute Gasteiger partial charge is 0.388 e. The number of nitriles is 1. The van der Waals surface area contributed by atoms with Gasteiger partial charge in [0.25, 0.3) is 0 Å². The van der Waals surface area contributed by atoms with Gasteiger partial charge in [-0.3, -0.25) is 9.09 Å². The van der Waals surface area contributed by atoms with E-state index in [0.717, 1.165) is 0 Å². The number of aliphatic hydroxyl groups excluding tert-OH is 1. The molecule has 0 amide bonds. The molecule has 27 heavy (non-hydrogen) atoms. The summed E-state index contributed by atoms with van der Waals surface area (Å²) >= 11 is 0. The summed E-state index contributed by atoms with van der Waals surface area (Å²) in [6.45, 7) is -0.566. The van der Waals surface area contributed by atoms with Crippen molar-refractivity contribution >= 4 is 27.4 Å². The van der Waals surface area contributed by atoms with Gasteiger partial charge in [-0.2, -0.15) is 10.4 Å². The van der Waals surface area contributed by atoms with Crippen LogP contribution in [0.2, 0.25) is 0 Å². The minimum absolute atomic E-state index is 0.115. The molecule has 3 heterocycles. The molecule has 1 saturated heterocycles. The van der Waals surface area contributed by atoms with Crippen LogP contribution in [-0.4, -0.2) is 48.3 Å². The van der Waals surface area contributed by atoms with E-state index >= 15 is 0 Å². The molecular weight excluding hydrogens is 404 g/mol. The van der Waals surface area contributed by atoms with Crippen LogP contribution in [0.25, 0.3) is 5.52 Å². The Bertz CT molecular complexity index is 976. The lowest BCUT2D eigenvalue weighted by atomic mass is 9.94. The molecular formula is C12H15N5O8P2. The van der Waals surface area contributed by atoms with E-state index in [1.54, 1.807) is 6.07 Å². The van der Waals surface area contributed by atoms with E-state index in [1.807, 2.05) is 6.07 Å². The molecule has 0 spiro atoms. The van der Waals surface area contributed by atoms with Crippen molar-refractivity contribution in [3.63, 3.8) is 0 Å². The topological polar surface area (TPSA) is 203 Å². The second-order valence-corrected chi connectivity index (χ2v) is 8.08. The average molecular weight is 419 g/mol. The number of aromatic nitrogens is 3. The molecule has 5 N–H and O–H groups in total. The maximum absolute atomic E-state index is 11.5. The predicted molar refractivity (Wildman–Crippen MR) is 88.3 cm³/mol. The monoisotopic (exact) mass is 419 g/mol. The molecule has 13 nitrogen and oxygen atoms in total. The molecule has 1 aliphatic rings. The van der Waals surface area contributed by atoms with E-state index in [2.05, 4.69) is 18.9 Å². The van der Waals surface area contributed by atoms with Crippen LogP contribution in [0.5, 0.6) is 0 Å². The highest BCUT2D eigenvalue weighted by Crippen LogP contribution is 2.51. The molecule has 0 saturated carbocycles. The predicted octanol–water partition coefficient (Wildman–Crippen LogP) is -0.304. The third-order valence-electron chi connectivity index (χ3n) is 3.95. The standard InChI is InChI=1S/C12H15N5O8P2/c13-5-12(9-2-1-8-11(14)15-6-16-17(8)9)10(18)3-7(24-12)4-23-27(21,22)25-26(19)20/h1-2,6-7,10,18,26H,3-4H2,(H,19,20)(H,21,22)(H2,14,15,16)/t7-,10+,12-/m0/s1. The van der Waals surface area contributed by atoms with Crippen LogP contribution < -0.4 is 5.73 Å². The molecule has 2 unspecified atom stereocenters. The van der Waals surface area contributed by atoms with Crippen LogP contribution in [0.15, 0.2) is 18.5 Å². The Hall–Kier alpha value is -1.87. The van der Waals surface area contributed by atoms with E-state index in [0.29, 0.717) is 5.52 Å². The normalized spacial score (nSPS) is 28.7. The summed E-state index contributed by atoms with van der Waals surface area (Å²) in [6.07, 6.45) is -1.24. The number of nitrogen functional groups attached to an aromatic ring is 1. The molecule has 0 radical (unpaired) electrons. The van der Waals surface area contributed by atoms with Crippen molar-refractivity contribution in [3.8, 4) is 6.07 Å². The van der Waals surface area contributed by atoms with Crippen molar-refractivity contribution in [2.45, 2.75) is 24.2 Å². The molecule has 3 rings (SSSR count). The highest BCUT2D eigenvalue weighted by molar-refractivity contribution is 7.55. The Balaban J connectivity index is 1.84. The van der Waals surface area contributed by atoms with Gasteiger partial charge in [-0.05, 0) is 12.1 Å². The van der Waals surface area contributed by atoms with E-state index in [-0.39, 0.29) is 17.9 Å². The third kappa shape index (κ3) is 3.75. The summed E-state index contributed by atoms with van der Waals surface area (Å²) < 4.78 is 37.5. The molecule has 0 bridgehead atoms. The number of nitrogens with zero attached hydrogens (tertiary/aromatic N) is 4. The van der Waals surface area contributed by atoms with Crippen molar-refractivity contribution in [3.05, 3.63) is 24.2 Å². The summed E-state index contributed by atoms with van der Waals surface area (Å²) in [5.41, 5.74) is 4.50. The number of hydrogen-bond donors (Lipinski definition) is 4. The SMILES string of the molecule is N#C[C@@]1(c2ccc3c(N)ncnn23)O[C@H](COP(=O)(O)O[PH](=O)O)C[C@H]1O. The number of ether oxygens (including phenoxy) is 1. The molecule has 146 valence electrons. The molecule has 5 atom stereocenters. The second kappa shape index (κ2) is 7.27. The van der Waals surface area contributed by atoms with Crippen molar-refractivity contribution in [1.82, 2.24) is 14.6 Å². The number of fused-ring (bicyclic) bond motifs is 1.